The van der Waals surface area contributed by atoms with Crippen LogP contribution in [0.5, 0.6) is 0 Å². The van der Waals surface area contributed by atoms with E-state index >= 15 is 0 Å². The van der Waals surface area contributed by atoms with Crippen molar-refractivity contribution in [3.63, 3.8) is 0 Å². The van der Waals surface area contributed by atoms with Gasteiger partial charge in [-0.25, -0.2) is 0 Å². The molecular weight excluding hydrogens is 256 g/mol. The molecule has 2 nitrogen and oxygen atoms in total. The Hall–Kier alpha value is -1.83. The molecule has 1 heterocycles. The fourth-order valence-electron chi connectivity index (χ4n) is 3.06. The second kappa shape index (κ2) is 6.75. The molecule has 3 rings (SSSR count). The van der Waals surface area contributed by atoms with E-state index in [0.717, 1.165) is 24.9 Å². The summed E-state index contributed by atoms with van der Waals surface area (Å²) in [4.78, 5) is 4.46. The molecule has 0 saturated carbocycles. The predicted molar refractivity (Wildman–Crippen MR) is 90.8 cm³/mol. The molecule has 0 saturated heterocycles. The Morgan fingerprint density at radius 1 is 1.19 bits per heavy atom. The van der Waals surface area contributed by atoms with Gasteiger partial charge in [-0.3, -0.25) is 4.98 Å². The molecule has 0 amide bonds. The Labute approximate surface area is 127 Å². The summed E-state index contributed by atoms with van der Waals surface area (Å²) < 4.78 is 0. The maximum atomic E-state index is 4.46. The topological polar surface area (TPSA) is 24.9 Å². The summed E-state index contributed by atoms with van der Waals surface area (Å²) >= 11 is 0. The second-order valence-corrected chi connectivity index (χ2v) is 5.85. The van der Waals surface area contributed by atoms with Crippen LogP contribution < -0.4 is 5.32 Å². The summed E-state index contributed by atoms with van der Waals surface area (Å²) in [7, 11) is 0. The van der Waals surface area contributed by atoms with E-state index in [0.29, 0.717) is 0 Å². The number of hydrogen-bond donors (Lipinski definition) is 1. The Morgan fingerprint density at radius 2 is 2.14 bits per heavy atom. The van der Waals surface area contributed by atoms with E-state index in [1.807, 2.05) is 6.20 Å². The molecule has 110 valence electrons. The quantitative estimate of drug-likeness (QED) is 0.771. The summed E-state index contributed by atoms with van der Waals surface area (Å²) in [6.07, 6.45) is 11.9. The van der Waals surface area contributed by atoms with E-state index in [2.05, 4.69) is 47.6 Å². The number of rotatable bonds is 5. The minimum atomic E-state index is 1.02. The molecule has 0 unspecified atom stereocenters. The first kappa shape index (κ1) is 14.1. The molecule has 0 radical (unpaired) electrons. The molecule has 2 aromatic rings. The second-order valence-electron chi connectivity index (χ2n) is 5.85. The van der Waals surface area contributed by atoms with Crippen LogP contribution in [0.15, 0.2) is 42.1 Å². The molecule has 21 heavy (non-hydrogen) atoms. The van der Waals surface area contributed by atoms with Gasteiger partial charge in [0.25, 0.3) is 0 Å². The van der Waals surface area contributed by atoms with Gasteiger partial charge in [0.15, 0.2) is 0 Å². The maximum Gasteiger partial charge on any atom is 0.0722 e. The fourth-order valence-corrected chi connectivity index (χ4v) is 3.06. The SMILES string of the molecule is CCc1ccc2nccc(NCCC3=CCCCC3)c2c1. The Bertz CT molecular complexity index is 643. The zero-order chi connectivity index (χ0) is 14.5. The molecule has 0 aliphatic heterocycles. The first-order chi connectivity index (χ1) is 10.4. The lowest BCUT2D eigenvalue weighted by molar-refractivity contribution is 0.679. The lowest BCUT2D eigenvalue weighted by Crippen LogP contribution is -2.05. The average molecular weight is 280 g/mol. The number of aromatic nitrogens is 1. The number of anilines is 1. The third-order valence-electron chi connectivity index (χ3n) is 4.36. The summed E-state index contributed by atoms with van der Waals surface area (Å²) in [6.45, 7) is 3.21. The van der Waals surface area contributed by atoms with Crippen LogP contribution in [0.3, 0.4) is 0 Å². The number of pyridine rings is 1. The molecule has 1 aromatic heterocycles. The lowest BCUT2D eigenvalue weighted by Gasteiger charge is -2.14. The zero-order valence-electron chi connectivity index (χ0n) is 12.9. The monoisotopic (exact) mass is 280 g/mol. The van der Waals surface area contributed by atoms with E-state index in [1.54, 1.807) is 5.57 Å². The minimum absolute atomic E-state index is 1.02. The van der Waals surface area contributed by atoms with Crippen LogP contribution in [0.1, 0.15) is 44.6 Å². The standard InChI is InChI=1S/C19H24N2/c1-2-15-8-9-18-17(14-15)19(11-13-21-18)20-12-10-16-6-4-3-5-7-16/h6,8-9,11,13-14H,2-5,7,10,12H2,1H3,(H,20,21). The van der Waals surface area contributed by atoms with Crippen molar-refractivity contribution in [2.24, 2.45) is 0 Å². The van der Waals surface area contributed by atoms with E-state index in [4.69, 9.17) is 0 Å². The highest BCUT2D eigenvalue weighted by molar-refractivity contribution is 5.91. The summed E-state index contributed by atoms with van der Waals surface area (Å²) in [5.74, 6) is 0. The molecule has 2 heteroatoms. The number of allylic oxidation sites excluding steroid dienone is 1. The normalized spacial score (nSPS) is 15.0. The van der Waals surface area contributed by atoms with Crippen molar-refractivity contribution in [2.75, 3.05) is 11.9 Å². The number of nitrogens with zero attached hydrogens (tertiary/aromatic N) is 1. The fraction of sp³-hybridized carbons (Fsp3) is 0.421. The number of aryl methyl sites for hydroxylation is 1. The summed E-state index contributed by atoms with van der Waals surface area (Å²) in [6, 6.07) is 8.66. The van der Waals surface area contributed by atoms with Gasteiger partial charge >= 0.3 is 0 Å². The first-order valence-electron chi connectivity index (χ1n) is 8.16. The van der Waals surface area contributed by atoms with E-state index in [-0.39, 0.29) is 0 Å². The van der Waals surface area contributed by atoms with E-state index in [1.165, 1.54) is 42.3 Å². The van der Waals surface area contributed by atoms with Crippen molar-refractivity contribution in [1.82, 2.24) is 4.98 Å². The van der Waals surface area contributed by atoms with Gasteiger partial charge in [0, 0.05) is 23.8 Å². The van der Waals surface area contributed by atoms with Crippen molar-refractivity contribution < 1.29 is 0 Å². The molecule has 1 N–H and O–H groups in total. The molecule has 0 bridgehead atoms. The van der Waals surface area contributed by atoms with E-state index in [9.17, 15) is 0 Å². The summed E-state index contributed by atoms with van der Waals surface area (Å²) in [5, 5.41) is 4.85. The zero-order valence-corrected chi connectivity index (χ0v) is 12.9. The summed E-state index contributed by atoms with van der Waals surface area (Å²) in [5.41, 5.74) is 5.29. The average Bonchev–Trinajstić information content (AvgIpc) is 2.55. The van der Waals surface area contributed by atoms with Crippen molar-refractivity contribution in [2.45, 2.75) is 45.4 Å². The highest BCUT2D eigenvalue weighted by Crippen LogP contribution is 2.24. The van der Waals surface area contributed by atoms with Gasteiger partial charge < -0.3 is 5.32 Å². The van der Waals surface area contributed by atoms with Crippen molar-refractivity contribution in [3.05, 3.63) is 47.7 Å². The largest absolute Gasteiger partial charge is 0.384 e. The minimum Gasteiger partial charge on any atom is -0.384 e. The van der Waals surface area contributed by atoms with Crippen LogP contribution in [-0.4, -0.2) is 11.5 Å². The van der Waals surface area contributed by atoms with Crippen LogP contribution in [-0.2, 0) is 6.42 Å². The van der Waals surface area contributed by atoms with E-state index < -0.39 is 0 Å². The van der Waals surface area contributed by atoms with Gasteiger partial charge in [0.2, 0.25) is 0 Å². The Kier molecular flexibility index (Phi) is 4.54. The highest BCUT2D eigenvalue weighted by atomic mass is 14.9. The number of hydrogen-bond acceptors (Lipinski definition) is 2. The molecular formula is C19H24N2. The van der Waals surface area contributed by atoms with Crippen molar-refractivity contribution >= 4 is 16.6 Å². The van der Waals surface area contributed by atoms with Gasteiger partial charge in [-0.05, 0) is 62.3 Å². The van der Waals surface area contributed by atoms with Gasteiger partial charge in [-0.15, -0.1) is 0 Å². The Balaban J connectivity index is 1.72. The Morgan fingerprint density at radius 3 is 2.95 bits per heavy atom. The van der Waals surface area contributed by atoms with Gasteiger partial charge in [0.05, 0.1) is 5.52 Å². The number of nitrogens with one attached hydrogen (secondary N) is 1. The van der Waals surface area contributed by atoms with Gasteiger partial charge in [-0.2, -0.15) is 0 Å². The predicted octanol–water partition coefficient (Wildman–Crippen LogP) is 5.10. The third-order valence-corrected chi connectivity index (χ3v) is 4.36. The molecule has 1 aliphatic carbocycles. The molecule has 0 atom stereocenters. The van der Waals surface area contributed by atoms with Gasteiger partial charge in [0.1, 0.15) is 0 Å². The molecule has 1 aliphatic rings. The maximum absolute atomic E-state index is 4.46. The lowest BCUT2D eigenvalue weighted by atomic mass is 9.97. The first-order valence-corrected chi connectivity index (χ1v) is 8.16. The van der Waals surface area contributed by atoms with Crippen LogP contribution in [0.25, 0.3) is 10.9 Å². The van der Waals surface area contributed by atoms with Crippen LogP contribution >= 0.6 is 0 Å². The van der Waals surface area contributed by atoms with Crippen LogP contribution in [0.4, 0.5) is 5.69 Å². The number of benzene rings is 1. The van der Waals surface area contributed by atoms with Gasteiger partial charge in [-0.1, -0.05) is 24.6 Å². The molecule has 0 spiro atoms. The third kappa shape index (κ3) is 3.44. The van der Waals surface area contributed by atoms with Crippen molar-refractivity contribution in [1.29, 1.82) is 0 Å². The highest BCUT2D eigenvalue weighted by Gasteiger charge is 2.05. The smallest absolute Gasteiger partial charge is 0.0722 e. The van der Waals surface area contributed by atoms with Crippen LogP contribution in [0, 0.1) is 0 Å². The molecule has 0 fully saturated rings. The van der Waals surface area contributed by atoms with Crippen molar-refractivity contribution in [3.8, 4) is 0 Å². The molecule has 1 aromatic carbocycles. The van der Waals surface area contributed by atoms with Crippen LogP contribution in [0.2, 0.25) is 0 Å². The number of fused-ring (bicyclic) bond motifs is 1.